The van der Waals surface area contributed by atoms with Gasteiger partial charge in [0.25, 0.3) is 0 Å². The summed E-state index contributed by atoms with van der Waals surface area (Å²) in [7, 11) is 0. The molecule has 0 spiro atoms. The molecule has 1 heterocycles. The summed E-state index contributed by atoms with van der Waals surface area (Å²) in [4.78, 5) is 25.9. The smallest absolute Gasteiger partial charge is 0.250 e. The number of hydrogen-bond donors (Lipinski definition) is 1. The van der Waals surface area contributed by atoms with Gasteiger partial charge in [-0.1, -0.05) is 46.8 Å². The van der Waals surface area contributed by atoms with Gasteiger partial charge in [0.1, 0.15) is 12.6 Å². The molecule has 4 nitrogen and oxygen atoms in total. The van der Waals surface area contributed by atoms with Gasteiger partial charge in [0.2, 0.25) is 11.8 Å². The molecular weight excluding hydrogens is 264 g/mol. The second kappa shape index (κ2) is 5.51. The number of hydrogen-bond acceptors (Lipinski definition) is 2. The fourth-order valence-electron chi connectivity index (χ4n) is 2.48. The summed E-state index contributed by atoms with van der Waals surface area (Å²) in [5.74, 6) is -0.0561. The molecule has 2 amide bonds. The Balaban J connectivity index is 2.28. The molecule has 1 aliphatic rings. The maximum absolute atomic E-state index is 12.5. The standard InChI is InChI=1S/C17H24N2O2/c1-11(2)15-16(21)19(10-14(20)18-15)13-8-6-12(7-9-13)17(3,4)5/h6-9,11,15H,10H2,1-5H3,(H,18,20). The maximum Gasteiger partial charge on any atom is 0.250 e. The average molecular weight is 288 g/mol. The number of carbonyl (C=O) groups is 2. The first kappa shape index (κ1) is 15.5. The first-order chi connectivity index (χ1) is 9.70. The Morgan fingerprint density at radius 3 is 2.19 bits per heavy atom. The van der Waals surface area contributed by atoms with Gasteiger partial charge in [-0.25, -0.2) is 0 Å². The molecule has 1 aliphatic heterocycles. The Morgan fingerprint density at radius 1 is 1.14 bits per heavy atom. The Hall–Kier alpha value is -1.84. The topological polar surface area (TPSA) is 49.4 Å². The summed E-state index contributed by atoms with van der Waals surface area (Å²) in [5.41, 5.74) is 2.07. The van der Waals surface area contributed by atoms with Crippen LogP contribution in [-0.2, 0) is 15.0 Å². The van der Waals surface area contributed by atoms with Crippen molar-refractivity contribution in [1.82, 2.24) is 5.32 Å². The normalized spacial score (nSPS) is 19.9. The van der Waals surface area contributed by atoms with E-state index in [9.17, 15) is 9.59 Å². The van der Waals surface area contributed by atoms with Crippen LogP contribution in [0, 0.1) is 5.92 Å². The van der Waals surface area contributed by atoms with Crippen molar-refractivity contribution in [3.63, 3.8) is 0 Å². The molecule has 0 radical (unpaired) electrons. The first-order valence-corrected chi connectivity index (χ1v) is 7.41. The van der Waals surface area contributed by atoms with E-state index < -0.39 is 6.04 Å². The third kappa shape index (κ3) is 3.26. The molecule has 0 aromatic heterocycles. The molecule has 1 aromatic rings. The molecule has 1 atom stereocenters. The number of benzene rings is 1. The molecule has 0 bridgehead atoms. The number of amides is 2. The molecule has 0 saturated carbocycles. The predicted octanol–water partition coefficient (Wildman–Crippen LogP) is 2.47. The van der Waals surface area contributed by atoms with E-state index in [2.05, 4.69) is 26.1 Å². The van der Waals surface area contributed by atoms with E-state index in [1.165, 1.54) is 5.56 Å². The monoisotopic (exact) mass is 288 g/mol. The third-order valence-corrected chi connectivity index (χ3v) is 3.86. The van der Waals surface area contributed by atoms with E-state index in [-0.39, 0.29) is 29.7 Å². The molecular formula is C17H24N2O2. The summed E-state index contributed by atoms with van der Waals surface area (Å²) >= 11 is 0. The second-order valence-electron chi connectivity index (χ2n) is 7.01. The maximum atomic E-state index is 12.5. The van der Waals surface area contributed by atoms with Crippen LogP contribution in [0.2, 0.25) is 0 Å². The number of piperazine rings is 1. The van der Waals surface area contributed by atoms with Crippen molar-refractivity contribution in [2.75, 3.05) is 11.4 Å². The average Bonchev–Trinajstić information content (AvgIpc) is 2.40. The van der Waals surface area contributed by atoms with Crippen LogP contribution >= 0.6 is 0 Å². The minimum Gasteiger partial charge on any atom is -0.342 e. The van der Waals surface area contributed by atoms with E-state index in [4.69, 9.17) is 0 Å². The van der Waals surface area contributed by atoms with Gasteiger partial charge in [0, 0.05) is 5.69 Å². The van der Waals surface area contributed by atoms with Gasteiger partial charge in [-0.05, 0) is 29.0 Å². The minimum atomic E-state index is -0.437. The summed E-state index contributed by atoms with van der Waals surface area (Å²) in [5, 5.41) is 2.77. The van der Waals surface area contributed by atoms with Crippen LogP contribution in [0.4, 0.5) is 5.69 Å². The lowest BCUT2D eigenvalue weighted by atomic mass is 9.87. The van der Waals surface area contributed by atoms with Crippen LogP contribution in [-0.4, -0.2) is 24.4 Å². The SMILES string of the molecule is CC(C)C1NC(=O)CN(c2ccc(C(C)(C)C)cc2)C1=O. The van der Waals surface area contributed by atoms with Gasteiger partial charge in [0.15, 0.2) is 0 Å². The zero-order chi connectivity index (χ0) is 15.8. The van der Waals surface area contributed by atoms with Crippen LogP contribution in [0.15, 0.2) is 24.3 Å². The molecule has 1 unspecified atom stereocenters. The molecule has 1 aromatic carbocycles. The highest BCUT2D eigenvalue weighted by Gasteiger charge is 2.35. The lowest BCUT2D eigenvalue weighted by molar-refractivity contribution is -0.132. The van der Waals surface area contributed by atoms with Crippen molar-refractivity contribution < 1.29 is 9.59 Å². The summed E-state index contributed by atoms with van der Waals surface area (Å²) < 4.78 is 0. The van der Waals surface area contributed by atoms with E-state index in [1.54, 1.807) is 4.90 Å². The molecule has 114 valence electrons. The highest BCUT2D eigenvalue weighted by Crippen LogP contribution is 2.26. The van der Waals surface area contributed by atoms with Crippen LogP contribution in [0.25, 0.3) is 0 Å². The van der Waals surface area contributed by atoms with Gasteiger partial charge in [-0.2, -0.15) is 0 Å². The van der Waals surface area contributed by atoms with Crippen molar-refractivity contribution in [1.29, 1.82) is 0 Å². The van der Waals surface area contributed by atoms with Crippen LogP contribution in [0.1, 0.15) is 40.2 Å². The Morgan fingerprint density at radius 2 is 1.71 bits per heavy atom. The fourth-order valence-corrected chi connectivity index (χ4v) is 2.48. The zero-order valence-corrected chi connectivity index (χ0v) is 13.4. The van der Waals surface area contributed by atoms with E-state index >= 15 is 0 Å². The van der Waals surface area contributed by atoms with Crippen LogP contribution in [0.5, 0.6) is 0 Å². The van der Waals surface area contributed by atoms with Crippen molar-refractivity contribution in [2.24, 2.45) is 5.92 Å². The van der Waals surface area contributed by atoms with E-state index in [0.29, 0.717) is 0 Å². The van der Waals surface area contributed by atoms with Crippen molar-refractivity contribution in [3.05, 3.63) is 29.8 Å². The van der Waals surface area contributed by atoms with Crippen LogP contribution in [0.3, 0.4) is 0 Å². The second-order valence-corrected chi connectivity index (χ2v) is 7.01. The number of rotatable bonds is 2. The lowest BCUT2D eigenvalue weighted by Gasteiger charge is -2.34. The Labute approximate surface area is 126 Å². The van der Waals surface area contributed by atoms with E-state index in [1.807, 2.05) is 38.1 Å². The Kier molecular flexibility index (Phi) is 4.08. The quantitative estimate of drug-likeness (QED) is 0.909. The third-order valence-electron chi connectivity index (χ3n) is 3.86. The molecule has 2 rings (SSSR count). The zero-order valence-electron chi connectivity index (χ0n) is 13.4. The van der Waals surface area contributed by atoms with Gasteiger partial charge in [-0.15, -0.1) is 0 Å². The summed E-state index contributed by atoms with van der Waals surface area (Å²) in [6, 6.07) is 7.47. The first-order valence-electron chi connectivity index (χ1n) is 7.41. The molecule has 21 heavy (non-hydrogen) atoms. The number of anilines is 1. The molecule has 1 N–H and O–H groups in total. The van der Waals surface area contributed by atoms with Gasteiger partial charge in [0.05, 0.1) is 0 Å². The highest BCUT2D eigenvalue weighted by molar-refractivity contribution is 6.06. The summed E-state index contributed by atoms with van der Waals surface area (Å²) in [6.07, 6.45) is 0. The minimum absolute atomic E-state index is 0.0342. The summed E-state index contributed by atoms with van der Waals surface area (Å²) in [6.45, 7) is 10.4. The van der Waals surface area contributed by atoms with Gasteiger partial charge in [-0.3, -0.25) is 9.59 Å². The van der Waals surface area contributed by atoms with Gasteiger partial charge >= 0.3 is 0 Å². The van der Waals surface area contributed by atoms with Gasteiger partial charge < -0.3 is 10.2 Å². The largest absolute Gasteiger partial charge is 0.342 e. The lowest BCUT2D eigenvalue weighted by Crippen LogP contribution is -2.60. The van der Waals surface area contributed by atoms with Crippen molar-refractivity contribution in [3.8, 4) is 0 Å². The molecule has 0 aliphatic carbocycles. The molecule has 1 saturated heterocycles. The highest BCUT2D eigenvalue weighted by atomic mass is 16.2. The molecule has 1 fully saturated rings. The van der Waals surface area contributed by atoms with Crippen molar-refractivity contribution in [2.45, 2.75) is 46.1 Å². The van der Waals surface area contributed by atoms with E-state index in [0.717, 1.165) is 5.69 Å². The fraction of sp³-hybridized carbons (Fsp3) is 0.529. The number of carbonyl (C=O) groups excluding carboxylic acids is 2. The molecule has 4 heteroatoms. The van der Waals surface area contributed by atoms with Crippen molar-refractivity contribution >= 4 is 17.5 Å². The van der Waals surface area contributed by atoms with Crippen LogP contribution < -0.4 is 10.2 Å². The number of nitrogens with zero attached hydrogens (tertiary/aromatic N) is 1. The number of nitrogens with one attached hydrogen (secondary N) is 1. The predicted molar refractivity (Wildman–Crippen MR) is 84.3 cm³/mol. The Bertz CT molecular complexity index is 541.